The van der Waals surface area contributed by atoms with Crippen molar-refractivity contribution >= 4 is 62.2 Å². The number of nitrogens with one attached hydrogen (secondary N) is 1. The normalized spacial score (nSPS) is 14.4. The number of non-ortho nitro benzene ring substituents is 1. The Labute approximate surface area is 217 Å². The first-order valence-corrected chi connectivity index (χ1v) is 12.2. The lowest BCUT2D eigenvalue weighted by molar-refractivity contribution is -0.384. The minimum Gasteiger partial charge on any atom is -0.494 e. The summed E-state index contributed by atoms with van der Waals surface area (Å²) in [4.78, 5) is 49.0. The van der Waals surface area contributed by atoms with E-state index >= 15 is 0 Å². The van der Waals surface area contributed by atoms with Gasteiger partial charge in [-0.3, -0.25) is 29.4 Å². The number of furan rings is 1. The Balaban J connectivity index is 1.43. The van der Waals surface area contributed by atoms with Crippen LogP contribution in [0.4, 0.5) is 16.2 Å². The minimum atomic E-state index is -0.610. The maximum Gasteiger partial charge on any atom is 0.294 e. The van der Waals surface area contributed by atoms with Crippen molar-refractivity contribution in [3.63, 3.8) is 0 Å². The molecule has 3 aromatic rings. The highest BCUT2D eigenvalue weighted by Crippen LogP contribution is 2.35. The van der Waals surface area contributed by atoms with E-state index in [9.17, 15) is 24.5 Å². The molecule has 0 bridgehead atoms. The molecule has 0 radical (unpaired) electrons. The summed E-state index contributed by atoms with van der Waals surface area (Å²) >= 11 is 4.00. The summed E-state index contributed by atoms with van der Waals surface area (Å²) in [6.45, 7) is 1.95. The summed E-state index contributed by atoms with van der Waals surface area (Å²) < 4.78 is 11.6. The fraction of sp³-hybridized carbons (Fsp3) is 0.125. The molecule has 1 aliphatic rings. The second-order valence-electron chi connectivity index (χ2n) is 7.40. The standard InChI is InChI=1S/C24H18BrN3O7S/c1-2-34-16-6-3-14(4-7-16)26-22(29)13-27-23(30)21(36-24(27)31)12-17-8-10-20(35-17)18-9-5-15(28(32)33)11-19(18)25/h3-12H,2,13H2,1H3,(H,26,29)/b21-12-. The first-order chi connectivity index (χ1) is 17.2. The Kier molecular flexibility index (Phi) is 7.55. The first kappa shape index (κ1) is 25.2. The van der Waals surface area contributed by atoms with Gasteiger partial charge in [0.15, 0.2) is 0 Å². The molecule has 0 unspecified atom stereocenters. The third-order valence-corrected chi connectivity index (χ3v) is 6.52. The highest BCUT2D eigenvalue weighted by molar-refractivity contribution is 9.10. The summed E-state index contributed by atoms with van der Waals surface area (Å²) in [5.41, 5.74) is 1.02. The summed E-state index contributed by atoms with van der Waals surface area (Å²) in [6, 6.07) is 14.2. The van der Waals surface area contributed by atoms with Crippen LogP contribution in [0.2, 0.25) is 0 Å². The molecule has 2 aromatic carbocycles. The zero-order valence-electron chi connectivity index (χ0n) is 18.7. The molecule has 1 N–H and O–H groups in total. The van der Waals surface area contributed by atoms with Crippen LogP contribution in [-0.2, 0) is 9.59 Å². The lowest BCUT2D eigenvalue weighted by Crippen LogP contribution is -2.36. The molecule has 184 valence electrons. The molecule has 4 rings (SSSR count). The van der Waals surface area contributed by atoms with E-state index in [4.69, 9.17) is 9.15 Å². The van der Waals surface area contributed by atoms with Crippen LogP contribution in [0.25, 0.3) is 17.4 Å². The number of nitro groups is 1. The maximum absolute atomic E-state index is 12.8. The zero-order valence-corrected chi connectivity index (χ0v) is 21.1. The van der Waals surface area contributed by atoms with Crippen LogP contribution in [0.3, 0.4) is 0 Å². The van der Waals surface area contributed by atoms with Gasteiger partial charge in [-0.1, -0.05) is 0 Å². The number of hydrogen-bond donors (Lipinski definition) is 1. The topological polar surface area (TPSA) is 132 Å². The number of carbonyl (C=O) groups is 3. The van der Waals surface area contributed by atoms with Crippen molar-refractivity contribution in [2.45, 2.75) is 6.92 Å². The molecule has 12 heteroatoms. The highest BCUT2D eigenvalue weighted by atomic mass is 79.9. The molecule has 10 nitrogen and oxygen atoms in total. The predicted octanol–water partition coefficient (Wildman–Crippen LogP) is 5.69. The molecule has 0 atom stereocenters. The number of amides is 3. The molecular weight excluding hydrogens is 554 g/mol. The van der Waals surface area contributed by atoms with E-state index in [0.717, 1.165) is 4.90 Å². The number of rotatable bonds is 8. The van der Waals surface area contributed by atoms with Gasteiger partial charge in [-0.2, -0.15) is 0 Å². The molecule has 3 amide bonds. The molecule has 36 heavy (non-hydrogen) atoms. The molecule has 0 aliphatic carbocycles. The van der Waals surface area contributed by atoms with Crippen LogP contribution in [0.5, 0.6) is 5.75 Å². The van der Waals surface area contributed by atoms with Crippen LogP contribution in [-0.4, -0.2) is 40.0 Å². The molecule has 1 saturated heterocycles. The second-order valence-corrected chi connectivity index (χ2v) is 9.24. The molecule has 1 aliphatic heterocycles. The van der Waals surface area contributed by atoms with E-state index in [2.05, 4.69) is 21.2 Å². The van der Waals surface area contributed by atoms with Gasteiger partial charge in [0.05, 0.1) is 16.4 Å². The SMILES string of the molecule is CCOc1ccc(NC(=O)CN2C(=O)S/C(=C\c3ccc(-c4ccc([N+](=O)[O-])cc4Br)o3)C2=O)cc1. The molecular formula is C24H18BrN3O7S. The lowest BCUT2D eigenvalue weighted by Gasteiger charge is -2.12. The zero-order chi connectivity index (χ0) is 25.8. The van der Waals surface area contributed by atoms with Crippen LogP contribution in [0.15, 0.2) is 68.4 Å². The van der Waals surface area contributed by atoms with Gasteiger partial charge in [-0.15, -0.1) is 0 Å². The van der Waals surface area contributed by atoms with Gasteiger partial charge in [0, 0.05) is 33.9 Å². The second kappa shape index (κ2) is 10.8. The van der Waals surface area contributed by atoms with Crippen molar-refractivity contribution < 1.29 is 28.5 Å². The average Bonchev–Trinajstić information content (AvgIpc) is 3.40. The van der Waals surface area contributed by atoms with Crippen molar-refractivity contribution in [1.29, 1.82) is 0 Å². The fourth-order valence-corrected chi connectivity index (χ4v) is 4.68. The number of anilines is 1. The predicted molar refractivity (Wildman–Crippen MR) is 137 cm³/mol. The van der Waals surface area contributed by atoms with E-state index in [1.54, 1.807) is 42.5 Å². The third kappa shape index (κ3) is 5.66. The number of nitro benzene ring substituents is 1. The van der Waals surface area contributed by atoms with Crippen molar-refractivity contribution in [2.75, 3.05) is 18.5 Å². The smallest absolute Gasteiger partial charge is 0.294 e. The van der Waals surface area contributed by atoms with E-state index in [1.807, 2.05) is 6.92 Å². The van der Waals surface area contributed by atoms with Crippen LogP contribution in [0, 0.1) is 10.1 Å². The molecule has 2 heterocycles. The molecule has 1 aromatic heterocycles. The summed E-state index contributed by atoms with van der Waals surface area (Å²) in [5.74, 6) is 0.248. The van der Waals surface area contributed by atoms with E-state index in [1.165, 1.54) is 18.2 Å². The molecule has 1 fully saturated rings. The number of hydrogen-bond acceptors (Lipinski definition) is 8. The van der Waals surface area contributed by atoms with Gasteiger partial charge in [0.25, 0.3) is 16.8 Å². The Morgan fingerprint density at radius 2 is 1.94 bits per heavy atom. The van der Waals surface area contributed by atoms with Gasteiger partial charge < -0.3 is 14.5 Å². The van der Waals surface area contributed by atoms with Gasteiger partial charge in [-0.25, -0.2) is 0 Å². The van der Waals surface area contributed by atoms with Crippen molar-refractivity contribution in [2.24, 2.45) is 0 Å². The minimum absolute atomic E-state index is 0.0716. The third-order valence-electron chi connectivity index (χ3n) is 4.95. The van der Waals surface area contributed by atoms with Gasteiger partial charge >= 0.3 is 0 Å². The van der Waals surface area contributed by atoms with E-state index < -0.39 is 28.5 Å². The van der Waals surface area contributed by atoms with Gasteiger partial charge in [-0.05, 0) is 77.1 Å². The Morgan fingerprint density at radius 3 is 2.61 bits per heavy atom. The van der Waals surface area contributed by atoms with E-state index in [0.29, 0.717) is 51.4 Å². The van der Waals surface area contributed by atoms with Gasteiger partial charge in [0.1, 0.15) is 23.8 Å². The van der Waals surface area contributed by atoms with Crippen molar-refractivity contribution in [3.8, 4) is 17.1 Å². The number of nitrogens with zero attached hydrogens (tertiary/aromatic N) is 2. The highest BCUT2D eigenvalue weighted by Gasteiger charge is 2.36. The number of ether oxygens (including phenoxy) is 1. The molecule has 0 spiro atoms. The van der Waals surface area contributed by atoms with Gasteiger partial charge in [0.2, 0.25) is 5.91 Å². The number of halogens is 1. The van der Waals surface area contributed by atoms with Crippen molar-refractivity contribution in [1.82, 2.24) is 4.90 Å². The summed E-state index contributed by atoms with van der Waals surface area (Å²) in [7, 11) is 0. The van der Waals surface area contributed by atoms with Crippen LogP contribution < -0.4 is 10.1 Å². The largest absolute Gasteiger partial charge is 0.494 e. The Hall–Kier alpha value is -3.90. The first-order valence-electron chi connectivity index (χ1n) is 10.6. The van der Waals surface area contributed by atoms with Crippen LogP contribution >= 0.6 is 27.7 Å². The maximum atomic E-state index is 12.8. The average molecular weight is 572 g/mol. The quantitative estimate of drug-likeness (QED) is 0.207. The number of carbonyl (C=O) groups excluding carboxylic acids is 3. The Morgan fingerprint density at radius 1 is 1.19 bits per heavy atom. The number of benzene rings is 2. The molecule has 0 saturated carbocycles. The van der Waals surface area contributed by atoms with E-state index in [-0.39, 0.29) is 10.6 Å². The van der Waals surface area contributed by atoms with Crippen molar-refractivity contribution in [3.05, 3.63) is 79.8 Å². The number of thioether (sulfide) groups is 1. The monoisotopic (exact) mass is 571 g/mol. The fourth-order valence-electron chi connectivity index (χ4n) is 3.30. The number of imide groups is 1. The summed E-state index contributed by atoms with van der Waals surface area (Å²) in [6.07, 6.45) is 1.41. The Bertz CT molecular complexity index is 1380. The van der Waals surface area contributed by atoms with Crippen LogP contribution in [0.1, 0.15) is 12.7 Å². The lowest BCUT2D eigenvalue weighted by atomic mass is 10.1. The summed E-state index contributed by atoms with van der Waals surface area (Å²) in [5, 5.41) is 13.0.